The third kappa shape index (κ3) is 5.00. The Bertz CT molecular complexity index is 871. The Balaban J connectivity index is 1.46. The topological polar surface area (TPSA) is 68.3 Å². The average Bonchev–Trinajstić information content (AvgIpc) is 3.32. The molecule has 0 fully saturated rings. The first-order valence-electron chi connectivity index (χ1n) is 8.10. The Hall–Kier alpha value is -2.51. The van der Waals surface area contributed by atoms with E-state index in [9.17, 15) is 9.59 Å². The Morgan fingerprint density at radius 3 is 2.69 bits per heavy atom. The van der Waals surface area contributed by atoms with Crippen LogP contribution >= 0.6 is 22.7 Å². The number of aryl methyl sites for hydroxylation is 1. The monoisotopic (exact) mass is 386 g/mol. The SMILES string of the molecule is Cc1ccc(-c2nc(C(=O)OCC(=O)NCCc3cccs3)cs2)cc1. The zero-order valence-electron chi connectivity index (χ0n) is 14.2. The number of benzene rings is 1. The number of hydrogen-bond acceptors (Lipinski definition) is 6. The predicted molar refractivity (Wildman–Crippen MR) is 104 cm³/mol. The lowest BCUT2D eigenvalue weighted by Crippen LogP contribution is -2.30. The van der Waals surface area contributed by atoms with E-state index in [1.165, 1.54) is 16.2 Å². The number of rotatable bonds is 7. The molecule has 3 aromatic rings. The van der Waals surface area contributed by atoms with Crippen LogP contribution in [-0.2, 0) is 16.0 Å². The number of ether oxygens (including phenoxy) is 1. The zero-order valence-corrected chi connectivity index (χ0v) is 15.9. The molecular formula is C19H18N2O3S2. The molecule has 1 N–H and O–H groups in total. The van der Waals surface area contributed by atoms with E-state index in [1.54, 1.807) is 16.7 Å². The first kappa shape index (κ1) is 18.3. The van der Waals surface area contributed by atoms with Gasteiger partial charge in [-0.15, -0.1) is 22.7 Å². The van der Waals surface area contributed by atoms with Crippen LogP contribution in [0.5, 0.6) is 0 Å². The van der Waals surface area contributed by atoms with Gasteiger partial charge < -0.3 is 10.1 Å². The van der Waals surface area contributed by atoms with Gasteiger partial charge in [-0.3, -0.25) is 4.79 Å². The highest BCUT2D eigenvalue weighted by Crippen LogP contribution is 2.24. The molecule has 0 saturated carbocycles. The van der Waals surface area contributed by atoms with E-state index in [4.69, 9.17) is 4.74 Å². The van der Waals surface area contributed by atoms with Crippen molar-refractivity contribution in [3.63, 3.8) is 0 Å². The number of thiophene rings is 1. The molecule has 5 nitrogen and oxygen atoms in total. The highest BCUT2D eigenvalue weighted by Gasteiger charge is 2.14. The lowest BCUT2D eigenvalue weighted by molar-refractivity contribution is -0.124. The van der Waals surface area contributed by atoms with E-state index in [2.05, 4.69) is 10.3 Å². The Morgan fingerprint density at radius 2 is 1.96 bits per heavy atom. The van der Waals surface area contributed by atoms with Gasteiger partial charge in [0.1, 0.15) is 5.01 Å². The average molecular weight is 386 g/mol. The maximum Gasteiger partial charge on any atom is 0.358 e. The van der Waals surface area contributed by atoms with Gasteiger partial charge in [0, 0.05) is 22.4 Å². The minimum absolute atomic E-state index is 0.219. The molecule has 1 amide bonds. The fourth-order valence-corrected chi connectivity index (χ4v) is 3.74. The summed E-state index contributed by atoms with van der Waals surface area (Å²) in [5.74, 6) is -0.906. The van der Waals surface area contributed by atoms with Crippen LogP contribution in [-0.4, -0.2) is 30.0 Å². The van der Waals surface area contributed by atoms with E-state index in [0.717, 1.165) is 22.6 Å². The van der Waals surface area contributed by atoms with E-state index in [-0.39, 0.29) is 18.2 Å². The molecule has 134 valence electrons. The molecule has 2 aromatic heterocycles. The van der Waals surface area contributed by atoms with Crippen LogP contribution in [0.1, 0.15) is 20.9 Å². The van der Waals surface area contributed by atoms with Gasteiger partial charge in [0.25, 0.3) is 5.91 Å². The van der Waals surface area contributed by atoms with E-state index in [1.807, 2.05) is 48.7 Å². The molecule has 0 bridgehead atoms. The lowest BCUT2D eigenvalue weighted by atomic mass is 10.2. The van der Waals surface area contributed by atoms with Crippen molar-refractivity contribution < 1.29 is 14.3 Å². The molecule has 3 rings (SSSR count). The first-order valence-corrected chi connectivity index (χ1v) is 9.86. The van der Waals surface area contributed by atoms with Gasteiger partial charge in [0.2, 0.25) is 0 Å². The van der Waals surface area contributed by atoms with Crippen molar-refractivity contribution >= 4 is 34.6 Å². The van der Waals surface area contributed by atoms with Crippen LogP contribution in [0.2, 0.25) is 0 Å². The fourth-order valence-electron chi connectivity index (χ4n) is 2.23. The van der Waals surface area contributed by atoms with Crippen LogP contribution in [0, 0.1) is 6.92 Å². The third-order valence-corrected chi connectivity index (χ3v) is 5.45. The third-order valence-electron chi connectivity index (χ3n) is 3.62. The summed E-state index contributed by atoms with van der Waals surface area (Å²) in [7, 11) is 0. The van der Waals surface area contributed by atoms with E-state index in [0.29, 0.717) is 6.54 Å². The molecule has 0 saturated heterocycles. The van der Waals surface area contributed by atoms with Crippen LogP contribution < -0.4 is 5.32 Å². The Morgan fingerprint density at radius 1 is 1.15 bits per heavy atom. The molecular weight excluding hydrogens is 368 g/mol. The molecule has 26 heavy (non-hydrogen) atoms. The van der Waals surface area contributed by atoms with Crippen LogP contribution in [0.3, 0.4) is 0 Å². The number of carbonyl (C=O) groups excluding carboxylic acids is 2. The van der Waals surface area contributed by atoms with Gasteiger partial charge in [-0.05, 0) is 24.8 Å². The molecule has 1 aromatic carbocycles. The quantitative estimate of drug-likeness (QED) is 0.629. The summed E-state index contributed by atoms with van der Waals surface area (Å²) >= 11 is 3.02. The number of nitrogens with one attached hydrogen (secondary N) is 1. The van der Waals surface area contributed by atoms with Gasteiger partial charge >= 0.3 is 5.97 Å². The Kier molecular flexibility index (Phi) is 6.14. The molecule has 0 unspecified atom stereocenters. The van der Waals surface area contributed by atoms with Crippen molar-refractivity contribution in [3.8, 4) is 10.6 Å². The second-order valence-electron chi connectivity index (χ2n) is 5.66. The molecule has 2 heterocycles. The number of esters is 1. The summed E-state index contributed by atoms with van der Waals surface area (Å²) in [6, 6.07) is 11.9. The molecule has 0 aliphatic heterocycles. The molecule has 0 spiro atoms. The molecule has 7 heteroatoms. The Labute approximate surface area is 159 Å². The summed E-state index contributed by atoms with van der Waals surface area (Å²) < 4.78 is 5.04. The van der Waals surface area contributed by atoms with E-state index >= 15 is 0 Å². The van der Waals surface area contributed by atoms with Crippen LogP contribution in [0.4, 0.5) is 0 Å². The number of amides is 1. The van der Waals surface area contributed by atoms with Crippen molar-refractivity contribution in [2.75, 3.05) is 13.2 Å². The largest absolute Gasteiger partial charge is 0.451 e. The maximum atomic E-state index is 12.1. The number of nitrogens with zero attached hydrogens (tertiary/aromatic N) is 1. The molecule has 0 aliphatic rings. The summed E-state index contributed by atoms with van der Waals surface area (Å²) in [5.41, 5.74) is 2.33. The number of thiazole rings is 1. The van der Waals surface area contributed by atoms with Crippen molar-refractivity contribution in [1.82, 2.24) is 10.3 Å². The summed E-state index contributed by atoms with van der Waals surface area (Å²) in [6.07, 6.45) is 0.767. The minimum Gasteiger partial charge on any atom is -0.451 e. The van der Waals surface area contributed by atoms with Gasteiger partial charge in [-0.1, -0.05) is 35.9 Å². The van der Waals surface area contributed by atoms with E-state index < -0.39 is 5.97 Å². The van der Waals surface area contributed by atoms with Crippen molar-refractivity contribution in [1.29, 1.82) is 0 Å². The summed E-state index contributed by atoms with van der Waals surface area (Å²) in [6.45, 7) is 2.23. The predicted octanol–water partition coefficient (Wildman–Crippen LogP) is 3.70. The van der Waals surface area contributed by atoms with Gasteiger partial charge in [0.05, 0.1) is 0 Å². The summed E-state index contributed by atoms with van der Waals surface area (Å²) in [5, 5.41) is 7.13. The number of aromatic nitrogens is 1. The second kappa shape index (κ2) is 8.73. The highest BCUT2D eigenvalue weighted by molar-refractivity contribution is 7.13. The van der Waals surface area contributed by atoms with Gasteiger partial charge in [-0.25, -0.2) is 9.78 Å². The van der Waals surface area contributed by atoms with Gasteiger partial charge in [0.15, 0.2) is 12.3 Å². The molecule has 0 radical (unpaired) electrons. The smallest absolute Gasteiger partial charge is 0.358 e. The van der Waals surface area contributed by atoms with Gasteiger partial charge in [-0.2, -0.15) is 0 Å². The normalized spacial score (nSPS) is 10.5. The van der Waals surface area contributed by atoms with Crippen LogP contribution in [0.25, 0.3) is 10.6 Å². The highest BCUT2D eigenvalue weighted by atomic mass is 32.1. The zero-order chi connectivity index (χ0) is 18.4. The number of hydrogen-bond donors (Lipinski definition) is 1. The van der Waals surface area contributed by atoms with Crippen molar-refractivity contribution in [3.05, 3.63) is 63.3 Å². The molecule has 0 atom stereocenters. The standard InChI is InChI=1S/C19H18N2O3S2/c1-13-4-6-14(7-5-13)18-21-16(12-26-18)19(23)24-11-17(22)20-9-8-15-3-2-10-25-15/h2-7,10,12H,8-9,11H2,1H3,(H,20,22). The lowest BCUT2D eigenvalue weighted by Gasteiger charge is -2.05. The fraction of sp³-hybridized carbons (Fsp3) is 0.211. The maximum absolute atomic E-state index is 12.1. The first-order chi connectivity index (χ1) is 12.6. The van der Waals surface area contributed by atoms with Crippen LogP contribution in [0.15, 0.2) is 47.2 Å². The van der Waals surface area contributed by atoms with Crippen molar-refractivity contribution in [2.45, 2.75) is 13.3 Å². The number of carbonyl (C=O) groups is 2. The second-order valence-corrected chi connectivity index (χ2v) is 7.55. The minimum atomic E-state index is -0.590. The molecule has 0 aliphatic carbocycles. The summed E-state index contributed by atoms with van der Waals surface area (Å²) in [4.78, 5) is 29.3. The van der Waals surface area contributed by atoms with Crippen molar-refractivity contribution in [2.24, 2.45) is 0 Å².